The normalized spacial score (nSPS) is 10.1. The molecule has 0 unspecified atom stereocenters. The Labute approximate surface area is 171 Å². The van der Waals surface area contributed by atoms with Crippen molar-refractivity contribution in [3.05, 3.63) is 83.4 Å². The van der Waals surface area contributed by atoms with E-state index in [0.29, 0.717) is 23.1 Å². The lowest BCUT2D eigenvalue weighted by Crippen LogP contribution is -2.00. The largest absolute Gasteiger partial charge is 0.465 e. The van der Waals surface area contributed by atoms with Crippen molar-refractivity contribution in [2.75, 3.05) is 7.11 Å². The summed E-state index contributed by atoms with van der Waals surface area (Å²) in [5.41, 5.74) is 3.57. The second kappa shape index (κ2) is 10.5. The van der Waals surface area contributed by atoms with E-state index in [1.807, 2.05) is 45.0 Å². The molecule has 0 aliphatic heterocycles. The standard InChI is InChI=1S/C23H20F2O2.C2H6/c1-3-4-18-13-14-20(22(25)21(18)24)17-9-5-15(6-10-17)16-7-11-19(12-8-16)23(26)27-2;1-2/h5-14H,3-4H2,1-2H3;1-2H3. The van der Waals surface area contributed by atoms with Gasteiger partial charge in [0.15, 0.2) is 11.6 Å². The number of benzene rings is 3. The van der Waals surface area contributed by atoms with Crippen molar-refractivity contribution < 1.29 is 18.3 Å². The summed E-state index contributed by atoms with van der Waals surface area (Å²) in [4.78, 5) is 11.5. The molecule has 29 heavy (non-hydrogen) atoms. The smallest absolute Gasteiger partial charge is 0.337 e. The van der Waals surface area contributed by atoms with Gasteiger partial charge >= 0.3 is 5.97 Å². The van der Waals surface area contributed by atoms with Crippen LogP contribution in [-0.4, -0.2) is 13.1 Å². The Morgan fingerprint density at radius 2 is 1.31 bits per heavy atom. The minimum absolute atomic E-state index is 0.250. The van der Waals surface area contributed by atoms with E-state index in [0.717, 1.165) is 17.5 Å². The molecule has 4 heteroatoms. The molecule has 0 atom stereocenters. The van der Waals surface area contributed by atoms with Crippen molar-refractivity contribution in [1.29, 1.82) is 0 Å². The summed E-state index contributed by atoms with van der Waals surface area (Å²) in [6.07, 6.45) is 1.28. The molecule has 0 saturated carbocycles. The van der Waals surface area contributed by atoms with E-state index in [4.69, 9.17) is 0 Å². The van der Waals surface area contributed by atoms with Crippen LogP contribution >= 0.6 is 0 Å². The van der Waals surface area contributed by atoms with Crippen LogP contribution in [0.5, 0.6) is 0 Å². The van der Waals surface area contributed by atoms with Gasteiger partial charge in [-0.25, -0.2) is 13.6 Å². The van der Waals surface area contributed by atoms with Gasteiger partial charge in [-0.15, -0.1) is 0 Å². The highest BCUT2D eigenvalue weighted by Gasteiger charge is 2.14. The average molecular weight is 396 g/mol. The lowest BCUT2D eigenvalue weighted by Gasteiger charge is -2.09. The van der Waals surface area contributed by atoms with E-state index in [9.17, 15) is 13.6 Å². The fourth-order valence-electron chi connectivity index (χ4n) is 3.03. The van der Waals surface area contributed by atoms with E-state index < -0.39 is 11.6 Å². The van der Waals surface area contributed by atoms with Crippen LogP contribution in [-0.2, 0) is 11.2 Å². The van der Waals surface area contributed by atoms with Crippen LogP contribution in [0.4, 0.5) is 8.78 Å². The Bertz CT molecular complexity index is 946. The Morgan fingerprint density at radius 1 is 0.793 bits per heavy atom. The van der Waals surface area contributed by atoms with Gasteiger partial charge in [-0.2, -0.15) is 0 Å². The zero-order valence-corrected chi connectivity index (χ0v) is 17.3. The lowest BCUT2D eigenvalue weighted by molar-refractivity contribution is 0.0600. The van der Waals surface area contributed by atoms with Gasteiger partial charge in [0.1, 0.15) is 0 Å². The van der Waals surface area contributed by atoms with Gasteiger partial charge in [-0.3, -0.25) is 0 Å². The topological polar surface area (TPSA) is 26.3 Å². The summed E-state index contributed by atoms with van der Waals surface area (Å²) in [5.74, 6) is -1.96. The van der Waals surface area contributed by atoms with E-state index in [-0.39, 0.29) is 11.5 Å². The Kier molecular flexibility index (Phi) is 8.08. The summed E-state index contributed by atoms with van der Waals surface area (Å²) in [5, 5.41) is 0. The zero-order valence-electron chi connectivity index (χ0n) is 17.3. The predicted octanol–water partition coefficient (Wildman–Crippen LogP) is 7.06. The molecule has 0 bridgehead atoms. The highest BCUT2D eigenvalue weighted by Crippen LogP contribution is 2.29. The van der Waals surface area contributed by atoms with Gasteiger partial charge in [0, 0.05) is 5.56 Å². The SMILES string of the molecule is CC.CCCc1ccc(-c2ccc(-c3ccc(C(=O)OC)cc3)cc2)c(F)c1F. The number of halogens is 2. The summed E-state index contributed by atoms with van der Waals surface area (Å²) in [6.45, 7) is 5.93. The first-order valence-corrected chi connectivity index (χ1v) is 9.81. The van der Waals surface area contributed by atoms with Crippen LogP contribution in [0.3, 0.4) is 0 Å². The molecule has 0 aromatic heterocycles. The van der Waals surface area contributed by atoms with Crippen molar-refractivity contribution in [3.8, 4) is 22.3 Å². The fourth-order valence-corrected chi connectivity index (χ4v) is 3.03. The van der Waals surface area contributed by atoms with E-state index in [2.05, 4.69) is 4.74 Å². The van der Waals surface area contributed by atoms with Crippen molar-refractivity contribution in [1.82, 2.24) is 0 Å². The molecule has 2 nitrogen and oxygen atoms in total. The van der Waals surface area contributed by atoms with Crippen molar-refractivity contribution in [2.45, 2.75) is 33.6 Å². The number of rotatable bonds is 5. The molecule has 3 rings (SSSR count). The molecule has 0 saturated heterocycles. The maximum absolute atomic E-state index is 14.4. The zero-order chi connectivity index (χ0) is 21.4. The molecule has 0 aliphatic rings. The van der Waals surface area contributed by atoms with E-state index >= 15 is 0 Å². The van der Waals surface area contributed by atoms with Gasteiger partial charge in [-0.1, -0.05) is 75.7 Å². The van der Waals surface area contributed by atoms with Crippen LogP contribution in [0.1, 0.15) is 43.1 Å². The quantitative estimate of drug-likeness (QED) is 0.431. The molecule has 0 heterocycles. The number of hydrogen-bond donors (Lipinski definition) is 0. The Balaban J connectivity index is 0.00000145. The Hall–Kier alpha value is -3.01. The maximum atomic E-state index is 14.4. The molecule has 0 amide bonds. The van der Waals surface area contributed by atoms with E-state index in [1.165, 1.54) is 7.11 Å². The van der Waals surface area contributed by atoms with Crippen LogP contribution in [0.15, 0.2) is 60.7 Å². The van der Waals surface area contributed by atoms with E-state index in [1.54, 1.807) is 36.4 Å². The minimum Gasteiger partial charge on any atom is -0.465 e. The first kappa shape index (κ1) is 22.3. The minimum atomic E-state index is -0.809. The van der Waals surface area contributed by atoms with Gasteiger partial charge in [0.2, 0.25) is 0 Å². The number of ether oxygens (including phenoxy) is 1. The van der Waals surface area contributed by atoms with Gasteiger partial charge in [0.25, 0.3) is 0 Å². The average Bonchev–Trinajstić information content (AvgIpc) is 2.78. The predicted molar refractivity (Wildman–Crippen MR) is 114 cm³/mol. The van der Waals surface area contributed by atoms with Crippen LogP contribution < -0.4 is 0 Å². The number of carbonyl (C=O) groups excluding carboxylic acids is 1. The fraction of sp³-hybridized carbons (Fsp3) is 0.240. The monoisotopic (exact) mass is 396 g/mol. The summed E-state index contributed by atoms with van der Waals surface area (Å²) >= 11 is 0. The first-order chi connectivity index (χ1) is 14.0. The molecular weight excluding hydrogens is 370 g/mol. The third-order valence-electron chi connectivity index (χ3n) is 4.52. The summed E-state index contributed by atoms with van der Waals surface area (Å²) in [7, 11) is 1.34. The summed E-state index contributed by atoms with van der Waals surface area (Å²) in [6, 6.07) is 17.5. The number of esters is 1. The van der Waals surface area contributed by atoms with Crippen LogP contribution in [0, 0.1) is 11.6 Å². The number of carbonyl (C=O) groups is 1. The molecule has 3 aromatic carbocycles. The maximum Gasteiger partial charge on any atom is 0.337 e. The molecule has 3 aromatic rings. The molecular formula is C25H26F2O2. The third-order valence-corrected chi connectivity index (χ3v) is 4.52. The van der Waals surface area contributed by atoms with Crippen LogP contribution in [0.2, 0.25) is 0 Å². The number of aryl methyl sites for hydroxylation is 1. The van der Waals surface area contributed by atoms with Gasteiger partial charge < -0.3 is 4.74 Å². The Morgan fingerprint density at radius 3 is 1.83 bits per heavy atom. The highest BCUT2D eigenvalue weighted by atomic mass is 19.2. The highest BCUT2D eigenvalue weighted by molar-refractivity contribution is 5.90. The molecule has 0 fully saturated rings. The molecule has 0 N–H and O–H groups in total. The second-order valence-electron chi connectivity index (χ2n) is 6.30. The molecule has 0 radical (unpaired) electrons. The van der Waals surface area contributed by atoms with Crippen LogP contribution in [0.25, 0.3) is 22.3 Å². The number of hydrogen-bond acceptors (Lipinski definition) is 2. The van der Waals surface area contributed by atoms with Gasteiger partial charge in [-0.05, 0) is 40.8 Å². The molecule has 152 valence electrons. The van der Waals surface area contributed by atoms with Crippen molar-refractivity contribution in [3.63, 3.8) is 0 Å². The molecule has 0 spiro atoms. The third kappa shape index (κ3) is 5.08. The van der Waals surface area contributed by atoms with Crippen molar-refractivity contribution >= 4 is 5.97 Å². The summed E-state index contributed by atoms with van der Waals surface area (Å²) < 4.78 is 33.3. The van der Waals surface area contributed by atoms with Gasteiger partial charge in [0.05, 0.1) is 12.7 Å². The second-order valence-corrected chi connectivity index (χ2v) is 6.30. The first-order valence-electron chi connectivity index (χ1n) is 9.81. The molecule has 0 aliphatic carbocycles. The lowest BCUT2D eigenvalue weighted by atomic mass is 9.97. The number of methoxy groups -OCH3 is 1. The van der Waals surface area contributed by atoms with Crippen molar-refractivity contribution in [2.24, 2.45) is 0 Å².